The molecule has 1 heterocycles. The Labute approximate surface area is 165 Å². The van der Waals surface area contributed by atoms with Crippen LogP contribution in [0, 0.1) is 6.92 Å². The molecule has 0 bridgehead atoms. The van der Waals surface area contributed by atoms with E-state index in [2.05, 4.69) is 35.8 Å². The minimum Gasteiger partial charge on any atom is -0.492 e. The molecule has 1 aromatic heterocycles. The molecule has 5 heteroatoms. The molecular weight excluding hydrogens is 354 g/mol. The molecule has 1 N–H and O–H groups in total. The Balaban J connectivity index is 1.59. The van der Waals surface area contributed by atoms with Gasteiger partial charge in [0.2, 0.25) is 0 Å². The van der Waals surface area contributed by atoms with Crippen molar-refractivity contribution in [3.05, 3.63) is 78.0 Å². The first-order chi connectivity index (χ1) is 13.6. The SMILES string of the molecule is COC(Cc1ccc(OCCn2c(C)ccc2-c2ccccc2)cc1)C(=O)O. The zero-order chi connectivity index (χ0) is 19.9. The highest BCUT2D eigenvalue weighted by atomic mass is 16.5. The second-order valence-electron chi connectivity index (χ2n) is 6.64. The second-order valence-corrected chi connectivity index (χ2v) is 6.64. The summed E-state index contributed by atoms with van der Waals surface area (Å²) in [7, 11) is 1.41. The van der Waals surface area contributed by atoms with E-state index >= 15 is 0 Å². The number of nitrogens with zero attached hydrogens (tertiary/aromatic N) is 1. The molecule has 2 aromatic carbocycles. The Kier molecular flexibility index (Phi) is 6.50. The molecule has 0 saturated heterocycles. The van der Waals surface area contributed by atoms with Crippen molar-refractivity contribution in [1.82, 2.24) is 4.57 Å². The number of carbonyl (C=O) groups is 1. The smallest absolute Gasteiger partial charge is 0.333 e. The van der Waals surface area contributed by atoms with Crippen LogP contribution < -0.4 is 4.74 Å². The fourth-order valence-corrected chi connectivity index (χ4v) is 3.19. The first kappa shape index (κ1) is 19.7. The van der Waals surface area contributed by atoms with Crippen LogP contribution in [-0.2, 0) is 22.5 Å². The predicted octanol–water partition coefficient (Wildman–Crippen LogP) is 4.18. The normalized spacial score (nSPS) is 11.9. The van der Waals surface area contributed by atoms with Crippen molar-refractivity contribution in [2.45, 2.75) is 26.0 Å². The predicted molar refractivity (Wildman–Crippen MR) is 109 cm³/mol. The summed E-state index contributed by atoms with van der Waals surface area (Å²) >= 11 is 0. The molecule has 0 aliphatic rings. The highest BCUT2D eigenvalue weighted by Gasteiger charge is 2.16. The zero-order valence-electron chi connectivity index (χ0n) is 16.2. The van der Waals surface area contributed by atoms with Gasteiger partial charge in [-0.05, 0) is 42.3 Å². The van der Waals surface area contributed by atoms with E-state index in [1.165, 1.54) is 24.1 Å². The fraction of sp³-hybridized carbons (Fsp3) is 0.261. The molecule has 3 aromatic rings. The van der Waals surface area contributed by atoms with Crippen LogP contribution in [0.1, 0.15) is 11.3 Å². The quantitative estimate of drug-likeness (QED) is 0.606. The molecule has 1 atom stereocenters. The van der Waals surface area contributed by atoms with E-state index in [9.17, 15) is 4.79 Å². The van der Waals surface area contributed by atoms with Gasteiger partial charge in [-0.25, -0.2) is 4.79 Å². The van der Waals surface area contributed by atoms with Crippen LogP contribution in [0.15, 0.2) is 66.7 Å². The van der Waals surface area contributed by atoms with E-state index < -0.39 is 12.1 Å². The van der Waals surface area contributed by atoms with Gasteiger partial charge in [-0.2, -0.15) is 0 Å². The van der Waals surface area contributed by atoms with Crippen molar-refractivity contribution in [2.75, 3.05) is 13.7 Å². The lowest BCUT2D eigenvalue weighted by Crippen LogP contribution is -2.24. The molecular formula is C23H25NO4. The average molecular weight is 379 g/mol. The van der Waals surface area contributed by atoms with Gasteiger partial charge in [0.15, 0.2) is 6.10 Å². The average Bonchev–Trinajstić information content (AvgIpc) is 3.08. The molecule has 0 aliphatic carbocycles. The van der Waals surface area contributed by atoms with Gasteiger partial charge in [-0.3, -0.25) is 0 Å². The maximum Gasteiger partial charge on any atom is 0.333 e. The van der Waals surface area contributed by atoms with Crippen LogP contribution in [0.5, 0.6) is 5.75 Å². The highest BCUT2D eigenvalue weighted by molar-refractivity contribution is 5.72. The molecule has 28 heavy (non-hydrogen) atoms. The third-order valence-corrected chi connectivity index (χ3v) is 4.76. The Hall–Kier alpha value is -3.05. The number of hydrogen-bond donors (Lipinski definition) is 1. The van der Waals surface area contributed by atoms with Crippen molar-refractivity contribution in [2.24, 2.45) is 0 Å². The largest absolute Gasteiger partial charge is 0.492 e. The molecule has 0 aliphatic heterocycles. The summed E-state index contributed by atoms with van der Waals surface area (Å²) in [5, 5.41) is 9.07. The van der Waals surface area contributed by atoms with E-state index in [0.29, 0.717) is 13.0 Å². The van der Waals surface area contributed by atoms with Gasteiger partial charge in [0.25, 0.3) is 0 Å². The molecule has 0 saturated carbocycles. The third kappa shape index (κ3) is 4.81. The summed E-state index contributed by atoms with van der Waals surface area (Å²) in [6.45, 7) is 3.38. The molecule has 146 valence electrons. The summed E-state index contributed by atoms with van der Waals surface area (Å²) in [6, 6.07) is 22.0. The van der Waals surface area contributed by atoms with E-state index in [0.717, 1.165) is 17.9 Å². The monoisotopic (exact) mass is 379 g/mol. The molecule has 3 rings (SSSR count). The maximum absolute atomic E-state index is 11.1. The van der Waals surface area contributed by atoms with Gasteiger partial charge in [-0.15, -0.1) is 0 Å². The van der Waals surface area contributed by atoms with Crippen LogP contribution in [0.4, 0.5) is 0 Å². The number of rotatable bonds is 9. The molecule has 0 amide bonds. The van der Waals surface area contributed by atoms with Crippen LogP contribution in [0.25, 0.3) is 11.3 Å². The maximum atomic E-state index is 11.1. The van der Waals surface area contributed by atoms with Crippen molar-refractivity contribution >= 4 is 5.97 Å². The zero-order valence-corrected chi connectivity index (χ0v) is 16.2. The number of aromatic nitrogens is 1. The van der Waals surface area contributed by atoms with Crippen molar-refractivity contribution < 1.29 is 19.4 Å². The fourth-order valence-electron chi connectivity index (χ4n) is 3.19. The lowest BCUT2D eigenvalue weighted by atomic mass is 10.1. The lowest BCUT2D eigenvalue weighted by molar-refractivity contribution is -0.148. The van der Waals surface area contributed by atoms with Gasteiger partial charge >= 0.3 is 5.97 Å². The number of aliphatic carboxylic acids is 1. The Morgan fingerprint density at radius 3 is 2.39 bits per heavy atom. The molecule has 0 radical (unpaired) electrons. The minimum absolute atomic E-state index is 0.328. The van der Waals surface area contributed by atoms with Crippen LogP contribution in [0.2, 0.25) is 0 Å². The number of methoxy groups -OCH3 is 1. The van der Waals surface area contributed by atoms with Gasteiger partial charge in [0, 0.05) is 24.9 Å². The summed E-state index contributed by atoms with van der Waals surface area (Å²) in [5.74, 6) is -0.196. The lowest BCUT2D eigenvalue weighted by Gasteiger charge is -2.14. The first-order valence-electron chi connectivity index (χ1n) is 9.27. The summed E-state index contributed by atoms with van der Waals surface area (Å²) in [6.07, 6.45) is -0.505. The van der Waals surface area contributed by atoms with E-state index in [1.54, 1.807) is 0 Å². The molecule has 0 fully saturated rings. The van der Waals surface area contributed by atoms with Crippen LogP contribution >= 0.6 is 0 Å². The number of aryl methyl sites for hydroxylation is 1. The standard InChI is InChI=1S/C23H25NO4/c1-17-8-13-21(19-6-4-3-5-7-19)24(17)14-15-28-20-11-9-18(10-12-20)16-22(27-2)23(25)26/h3-13,22H,14-16H2,1-2H3,(H,25,26). The van der Waals surface area contributed by atoms with E-state index in [4.69, 9.17) is 14.6 Å². The number of benzene rings is 2. The van der Waals surface area contributed by atoms with E-state index in [1.807, 2.05) is 42.5 Å². The van der Waals surface area contributed by atoms with Gasteiger partial charge in [0.1, 0.15) is 12.4 Å². The molecule has 0 spiro atoms. The molecule has 5 nitrogen and oxygen atoms in total. The van der Waals surface area contributed by atoms with Crippen LogP contribution in [0.3, 0.4) is 0 Å². The molecule has 1 unspecified atom stereocenters. The number of carboxylic acid groups (broad SMARTS) is 1. The van der Waals surface area contributed by atoms with Gasteiger partial charge in [0.05, 0.1) is 6.54 Å². The topological polar surface area (TPSA) is 60.7 Å². The first-order valence-corrected chi connectivity index (χ1v) is 9.27. The number of carboxylic acids is 1. The summed E-state index contributed by atoms with van der Waals surface area (Å²) in [5.41, 5.74) is 4.45. The third-order valence-electron chi connectivity index (χ3n) is 4.76. The summed E-state index contributed by atoms with van der Waals surface area (Å²) in [4.78, 5) is 11.1. The Morgan fingerprint density at radius 1 is 1.04 bits per heavy atom. The van der Waals surface area contributed by atoms with Gasteiger partial charge in [-0.1, -0.05) is 42.5 Å². The summed E-state index contributed by atoms with van der Waals surface area (Å²) < 4.78 is 13.1. The van der Waals surface area contributed by atoms with Gasteiger partial charge < -0.3 is 19.1 Å². The van der Waals surface area contributed by atoms with Crippen molar-refractivity contribution in [3.8, 4) is 17.0 Å². The Morgan fingerprint density at radius 2 is 1.75 bits per heavy atom. The van der Waals surface area contributed by atoms with Crippen LogP contribution in [-0.4, -0.2) is 35.5 Å². The van der Waals surface area contributed by atoms with E-state index in [-0.39, 0.29) is 0 Å². The number of hydrogen-bond acceptors (Lipinski definition) is 3. The Bertz CT molecular complexity index is 900. The van der Waals surface area contributed by atoms with Crippen molar-refractivity contribution in [3.63, 3.8) is 0 Å². The highest BCUT2D eigenvalue weighted by Crippen LogP contribution is 2.22. The minimum atomic E-state index is -0.959. The van der Waals surface area contributed by atoms with Crippen molar-refractivity contribution in [1.29, 1.82) is 0 Å². The second kappa shape index (κ2) is 9.24. The number of ether oxygens (including phenoxy) is 2.